The van der Waals surface area contributed by atoms with E-state index in [1.165, 1.54) is 18.4 Å². The molecule has 1 amide bonds. The van der Waals surface area contributed by atoms with Gasteiger partial charge in [-0.1, -0.05) is 6.07 Å². The van der Waals surface area contributed by atoms with E-state index in [4.69, 9.17) is 4.74 Å². The van der Waals surface area contributed by atoms with Crippen molar-refractivity contribution in [3.05, 3.63) is 40.9 Å². The van der Waals surface area contributed by atoms with Crippen molar-refractivity contribution in [2.75, 3.05) is 32.1 Å². The molecule has 2 aromatic rings. The predicted molar refractivity (Wildman–Crippen MR) is 97.6 cm³/mol. The number of carbonyl (C=O) groups excluding carboxylic acids is 1. The molecule has 0 radical (unpaired) electrons. The summed E-state index contributed by atoms with van der Waals surface area (Å²) in [5.41, 5.74) is -1.09. The first-order chi connectivity index (χ1) is 13.0. The summed E-state index contributed by atoms with van der Waals surface area (Å²) >= 11 is 1.21. The Morgan fingerprint density at radius 3 is 2.64 bits per heavy atom. The molecule has 154 valence electrons. The molecule has 1 heterocycles. The average Bonchev–Trinajstić information content (AvgIpc) is 3.02. The molecule has 1 N–H and O–H groups in total. The molecule has 0 unspecified atom stereocenters. The minimum Gasteiger partial charge on any atom is -0.383 e. The van der Waals surface area contributed by atoms with Gasteiger partial charge < -0.3 is 10.1 Å². The zero-order chi connectivity index (χ0) is 20.9. The highest BCUT2D eigenvalue weighted by Gasteiger charge is 2.33. The molecule has 0 bridgehead atoms. The van der Waals surface area contributed by atoms with E-state index in [2.05, 4.69) is 10.3 Å². The van der Waals surface area contributed by atoms with Crippen molar-refractivity contribution in [3.8, 4) is 0 Å². The van der Waals surface area contributed by atoms with Crippen LogP contribution in [0.25, 0.3) is 0 Å². The number of alkyl halides is 3. The quantitative estimate of drug-likeness (QED) is 0.686. The minimum atomic E-state index is -4.69. The summed E-state index contributed by atoms with van der Waals surface area (Å²) in [6.07, 6.45) is -3.15. The number of aromatic nitrogens is 1. The lowest BCUT2D eigenvalue weighted by atomic mass is 10.2. The standard InChI is InChI=1S/C16H18F3N3O4S2/c1-11-9-20-15(27-11)21-14(23)10-22(6-7-26-2)28(24,25)13-5-3-4-12(8-13)16(17,18)19/h3-5,8-9H,6-7,10H2,1-2H3,(H,20,21,23). The third kappa shape index (κ3) is 5.74. The number of nitrogens with zero attached hydrogens (tertiary/aromatic N) is 2. The number of hydrogen-bond donors (Lipinski definition) is 1. The highest BCUT2D eigenvalue weighted by Crippen LogP contribution is 2.31. The Labute approximate surface area is 164 Å². The molecule has 1 aromatic carbocycles. The lowest BCUT2D eigenvalue weighted by Gasteiger charge is -2.21. The number of rotatable bonds is 8. The minimum absolute atomic E-state index is 0.0398. The molecule has 7 nitrogen and oxygen atoms in total. The maximum Gasteiger partial charge on any atom is 0.416 e. The first-order valence-electron chi connectivity index (χ1n) is 7.92. The van der Waals surface area contributed by atoms with Gasteiger partial charge in [-0.2, -0.15) is 17.5 Å². The molecule has 1 aromatic heterocycles. The van der Waals surface area contributed by atoms with Crippen LogP contribution < -0.4 is 5.32 Å². The number of aryl methyl sites for hydroxylation is 1. The molecule has 0 spiro atoms. The highest BCUT2D eigenvalue weighted by atomic mass is 32.2. The number of amides is 1. The summed E-state index contributed by atoms with van der Waals surface area (Å²) < 4.78 is 70.0. The van der Waals surface area contributed by atoms with E-state index in [1.54, 1.807) is 13.1 Å². The molecule has 0 aliphatic heterocycles. The van der Waals surface area contributed by atoms with Crippen molar-refractivity contribution in [2.45, 2.75) is 18.0 Å². The zero-order valence-corrected chi connectivity index (χ0v) is 16.6. The highest BCUT2D eigenvalue weighted by molar-refractivity contribution is 7.89. The van der Waals surface area contributed by atoms with Gasteiger partial charge in [0.25, 0.3) is 0 Å². The molecule has 0 saturated heterocycles. The molecule has 0 aliphatic carbocycles. The summed E-state index contributed by atoms with van der Waals surface area (Å²) in [4.78, 5) is 16.5. The summed E-state index contributed by atoms with van der Waals surface area (Å²) in [7, 11) is -3.02. The zero-order valence-electron chi connectivity index (χ0n) is 15.0. The van der Waals surface area contributed by atoms with E-state index in [-0.39, 0.29) is 13.2 Å². The van der Waals surface area contributed by atoms with Crippen LogP contribution in [0.5, 0.6) is 0 Å². The number of ether oxygens (including phenoxy) is 1. The molecule has 0 atom stereocenters. The van der Waals surface area contributed by atoms with E-state index in [9.17, 15) is 26.4 Å². The van der Waals surface area contributed by atoms with Crippen LogP contribution in [-0.4, -0.2) is 50.4 Å². The summed E-state index contributed by atoms with van der Waals surface area (Å²) in [6, 6.07) is 3.36. The molecule has 0 fully saturated rings. The molecule has 12 heteroatoms. The Morgan fingerprint density at radius 2 is 2.07 bits per heavy atom. The second-order valence-electron chi connectivity index (χ2n) is 5.68. The number of hydrogen-bond acceptors (Lipinski definition) is 6. The van der Waals surface area contributed by atoms with E-state index in [1.807, 2.05) is 0 Å². The maximum atomic E-state index is 12.9. The molecular formula is C16H18F3N3O4S2. The van der Waals surface area contributed by atoms with Gasteiger partial charge in [-0.25, -0.2) is 13.4 Å². The topological polar surface area (TPSA) is 88.6 Å². The average molecular weight is 437 g/mol. The van der Waals surface area contributed by atoms with Crippen molar-refractivity contribution in [3.63, 3.8) is 0 Å². The van der Waals surface area contributed by atoms with Gasteiger partial charge >= 0.3 is 6.18 Å². The Bertz CT molecular complexity index is 929. The van der Waals surface area contributed by atoms with Gasteiger partial charge in [0.05, 0.1) is 23.6 Å². The van der Waals surface area contributed by atoms with Crippen LogP contribution >= 0.6 is 11.3 Å². The van der Waals surface area contributed by atoms with Gasteiger partial charge in [0.15, 0.2) is 5.13 Å². The maximum absolute atomic E-state index is 12.9. The van der Waals surface area contributed by atoms with Crippen molar-refractivity contribution in [1.29, 1.82) is 0 Å². The van der Waals surface area contributed by atoms with E-state index < -0.39 is 39.1 Å². The lowest BCUT2D eigenvalue weighted by Crippen LogP contribution is -2.40. The summed E-state index contributed by atoms with van der Waals surface area (Å²) in [5, 5.41) is 2.77. The SMILES string of the molecule is COCCN(CC(=O)Nc1ncc(C)s1)S(=O)(=O)c1cccc(C(F)(F)F)c1. The number of halogens is 3. The number of thiazole rings is 1. The first kappa shape index (κ1) is 22.3. The van der Waals surface area contributed by atoms with Crippen molar-refractivity contribution in [2.24, 2.45) is 0 Å². The van der Waals surface area contributed by atoms with Crippen molar-refractivity contribution in [1.82, 2.24) is 9.29 Å². The van der Waals surface area contributed by atoms with Crippen LogP contribution in [0, 0.1) is 6.92 Å². The van der Waals surface area contributed by atoms with Gasteiger partial charge in [0.1, 0.15) is 0 Å². The van der Waals surface area contributed by atoms with Crippen LogP contribution in [0.1, 0.15) is 10.4 Å². The van der Waals surface area contributed by atoms with E-state index in [0.717, 1.165) is 27.4 Å². The van der Waals surface area contributed by atoms with Gasteiger partial charge in [0.2, 0.25) is 15.9 Å². The second kappa shape index (κ2) is 8.99. The molecule has 2 rings (SSSR count). The number of anilines is 1. The summed E-state index contributed by atoms with van der Waals surface area (Å²) in [5.74, 6) is -0.666. The Kier molecular flexibility index (Phi) is 7.15. The van der Waals surface area contributed by atoms with Gasteiger partial charge in [-0.15, -0.1) is 11.3 Å². The second-order valence-corrected chi connectivity index (χ2v) is 8.85. The largest absolute Gasteiger partial charge is 0.416 e. The van der Waals surface area contributed by atoms with Crippen LogP contribution in [-0.2, 0) is 25.7 Å². The normalized spacial score (nSPS) is 12.4. The Hall–Kier alpha value is -2.02. The number of methoxy groups -OCH3 is 1. The van der Waals surface area contributed by atoms with Crippen LogP contribution in [0.15, 0.2) is 35.4 Å². The van der Waals surface area contributed by atoms with Crippen LogP contribution in [0.3, 0.4) is 0 Å². The number of carbonyl (C=O) groups is 1. The number of sulfonamides is 1. The molecule has 0 aliphatic rings. The lowest BCUT2D eigenvalue weighted by molar-refractivity contribution is -0.137. The Morgan fingerprint density at radius 1 is 1.36 bits per heavy atom. The predicted octanol–water partition coefficient (Wildman–Crippen LogP) is 2.75. The van der Waals surface area contributed by atoms with Gasteiger partial charge in [-0.05, 0) is 25.1 Å². The molecule has 0 saturated carbocycles. The van der Waals surface area contributed by atoms with E-state index in [0.29, 0.717) is 11.2 Å². The number of nitrogens with one attached hydrogen (secondary N) is 1. The van der Waals surface area contributed by atoms with Gasteiger partial charge in [0, 0.05) is 24.7 Å². The summed E-state index contributed by atoms with van der Waals surface area (Å²) in [6.45, 7) is 0.943. The monoisotopic (exact) mass is 437 g/mol. The van der Waals surface area contributed by atoms with Crippen LogP contribution in [0.4, 0.5) is 18.3 Å². The Balaban J connectivity index is 2.26. The fraction of sp³-hybridized carbons (Fsp3) is 0.375. The van der Waals surface area contributed by atoms with E-state index >= 15 is 0 Å². The van der Waals surface area contributed by atoms with Crippen molar-refractivity contribution >= 4 is 32.4 Å². The van der Waals surface area contributed by atoms with Crippen LogP contribution in [0.2, 0.25) is 0 Å². The fourth-order valence-electron chi connectivity index (χ4n) is 2.19. The fourth-order valence-corrected chi connectivity index (χ4v) is 4.30. The van der Waals surface area contributed by atoms with Gasteiger partial charge in [-0.3, -0.25) is 4.79 Å². The smallest absolute Gasteiger partial charge is 0.383 e. The molecular weight excluding hydrogens is 419 g/mol. The first-order valence-corrected chi connectivity index (χ1v) is 10.2. The third-order valence-electron chi connectivity index (χ3n) is 3.53. The number of benzene rings is 1. The molecule has 28 heavy (non-hydrogen) atoms. The third-order valence-corrected chi connectivity index (χ3v) is 6.20. The van der Waals surface area contributed by atoms with Crippen molar-refractivity contribution < 1.29 is 31.1 Å².